The normalized spacial score (nSPS) is 11.0. The molecular formula is C34H47N3O2. The summed E-state index contributed by atoms with van der Waals surface area (Å²) in [5.74, 6) is -0.318. The van der Waals surface area contributed by atoms with E-state index in [-0.39, 0.29) is 5.97 Å². The van der Waals surface area contributed by atoms with E-state index in [4.69, 9.17) is 4.74 Å². The molecule has 0 saturated carbocycles. The van der Waals surface area contributed by atoms with Gasteiger partial charge in [0.15, 0.2) is 0 Å². The molecule has 0 aliphatic heterocycles. The maximum atomic E-state index is 12.6. The van der Waals surface area contributed by atoms with Crippen molar-refractivity contribution in [2.24, 2.45) is 0 Å². The molecule has 0 aliphatic rings. The van der Waals surface area contributed by atoms with Gasteiger partial charge in [-0.25, -0.2) is 4.79 Å². The molecule has 5 nitrogen and oxygen atoms in total. The molecule has 39 heavy (non-hydrogen) atoms. The van der Waals surface area contributed by atoms with Crippen LogP contribution in [-0.4, -0.2) is 27.5 Å². The number of aromatic nitrogens is 3. The van der Waals surface area contributed by atoms with E-state index in [0.29, 0.717) is 12.2 Å². The topological polar surface area (TPSA) is 65.0 Å². The van der Waals surface area contributed by atoms with Crippen LogP contribution in [0.2, 0.25) is 0 Å². The molecule has 210 valence electrons. The molecule has 0 saturated heterocycles. The number of ether oxygens (including phenoxy) is 1. The van der Waals surface area contributed by atoms with Crippen molar-refractivity contribution in [2.75, 3.05) is 6.61 Å². The number of unbranched alkanes of at least 4 members (excludes halogenated alkanes) is 15. The molecule has 0 unspecified atom stereocenters. The largest absolute Gasteiger partial charge is 0.462 e. The Morgan fingerprint density at radius 1 is 0.590 bits per heavy atom. The van der Waals surface area contributed by atoms with E-state index >= 15 is 0 Å². The fourth-order valence-electron chi connectivity index (χ4n) is 4.90. The molecule has 0 N–H and O–H groups in total. The second kappa shape index (κ2) is 19.1. The zero-order chi connectivity index (χ0) is 27.4. The van der Waals surface area contributed by atoms with E-state index < -0.39 is 0 Å². The predicted molar refractivity (Wildman–Crippen MR) is 161 cm³/mol. The Balaban J connectivity index is 1.24. The van der Waals surface area contributed by atoms with Gasteiger partial charge in [0.2, 0.25) is 0 Å². The third-order valence-corrected chi connectivity index (χ3v) is 7.27. The van der Waals surface area contributed by atoms with Crippen LogP contribution in [0.3, 0.4) is 0 Å². The van der Waals surface area contributed by atoms with Gasteiger partial charge in [-0.1, -0.05) is 109 Å². The highest BCUT2D eigenvalue weighted by Crippen LogP contribution is 2.25. The third kappa shape index (κ3) is 12.1. The van der Waals surface area contributed by atoms with Gasteiger partial charge in [0, 0.05) is 59.4 Å². The standard InChI is InChI=1S/C34H47N3O2/c1-2-3-4-5-6-7-8-9-10-11-12-13-14-15-16-17-21-39-34(38)33-23-32(27-37-28-33)31-22-30(25-36-26-31)29-19-18-20-35-24-29/h18-20,22-28H,2-17,21H2,1H3. The lowest BCUT2D eigenvalue weighted by molar-refractivity contribution is 0.0497. The van der Waals surface area contributed by atoms with Crippen LogP contribution < -0.4 is 0 Å². The summed E-state index contributed by atoms with van der Waals surface area (Å²) in [6, 6.07) is 7.76. The number of esters is 1. The Labute approximate surface area is 235 Å². The summed E-state index contributed by atoms with van der Waals surface area (Å²) in [6.07, 6.45) is 31.7. The van der Waals surface area contributed by atoms with Crippen molar-refractivity contribution in [1.82, 2.24) is 15.0 Å². The van der Waals surface area contributed by atoms with Gasteiger partial charge in [0.05, 0.1) is 12.2 Å². The van der Waals surface area contributed by atoms with Gasteiger partial charge in [0.25, 0.3) is 0 Å². The van der Waals surface area contributed by atoms with Crippen LogP contribution in [0, 0.1) is 0 Å². The van der Waals surface area contributed by atoms with Crippen LogP contribution in [0.4, 0.5) is 0 Å². The number of nitrogens with zero attached hydrogens (tertiary/aromatic N) is 3. The average Bonchev–Trinajstić information content (AvgIpc) is 2.99. The zero-order valence-electron chi connectivity index (χ0n) is 24.0. The lowest BCUT2D eigenvalue weighted by atomic mass is 10.0. The summed E-state index contributed by atoms with van der Waals surface area (Å²) in [4.78, 5) is 25.4. The first-order valence-electron chi connectivity index (χ1n) is 15.3. The van der Waals surface area contributed by atoms with Crippen LogP contribution >= 0.6 is 0 Å². The monoisotopic (exact) mass is 529 g/mol. The zero-order valence-corrected chi connectivity index (χ0v) is 24.0. The van der Waals surface area contributed by atoms with Gasteiger partial charge in [0.1, 0.15) is 0 Å². The molecule has 3 rings (SSSR count). The molecule has 0 atom stereocenters. The van der Waals surface area contributed by atoms with Gasteiger partial charge < -0.3 is 4.74 Å². The fraction of sp³-hybridized carbons (Fsp3) is 0.529. The van der Waals surface area contributed by atoms with Crippen molar-refractivity contribution >= 4 is 5.97 Å². The second-order valence-corrected chi connectivity index (χ2v) is 10.6. The summed E-state index contributed by atoms with van der Waals surface area (Å²) < 4.78 is 5.53. The summed E-state index contributed by atoms with van der Waals surface area (Å²) in [5, 5.41) is 0. The Morgan fingerprint density at radius 3 is 1.64 bits per heavy atom. The molecule has 3 aromatic rings. The summed E-state index contributed by atoms with van der Waals surface area (Å²) in [6.45, 7) is 2.74. The van der Waals surface area contributed by atoms with Gasteiger partial charge in [-0.3, -0.25) is 15.0 Å². The Hall–Kier alpha value is -3.08. The second-order valence-electron chi connectivity index (χ2n) is 10.6. The molecule has 0 aromatic carbocycles. The number of hydrogen-bond donors (Lipinski definition) is 0. The molecule has 0 spiro atoms. The van der Waals surface area contributed by atoms with E-state index in [9.17, 15) is 4.79 Å². The molecule has 5 heteroatoms. The maximum absolute atomic E-state index is 12.6. The highest BCUT2D eigenvalue weighted by molar-refractivity contribution is 5.90. The number of hydrogen-bond acceptors (Lipinski definition) is 5. The van der Waals surface area contributed by atoms with E-state index in [0.717, 1.165) is 35.1 Å². The van der Waals surface area contributed by atoms with Crippen molar-refractivity contribution in [3.8, 4) is 22.3 Å². The quantitative estimate of drug-likeness (QED) is 0.108. The number of carbonyl (C=O) groups is 1. The van der Waals surface area contributed by atoms with Gasteiger partial charge in [-0.05, 0) is 24.6 Å². The van der Waals surface area contributed by atoms with Crippen molar-refractivity contribution in [3.05, 3.63) is 67.0 Å². The van der Waals surface area contributed by atoms with Crippen molar-refractivity contribution in [3.63, 3.8) is 0 Å². The molecule has 0 radical (unpaired) electrons. The first-order valence-corrected chi connectivity index (χ1v) is 15.3. The number of rotatable bonds is 20. The molecule has 0 aliphatic carbocycles. The lowest BCUT2D eigenvalue weighted by Crippen LogP contribution is -2.07. The third-order valence-electron chi connectivity index (χ3n) is 7.27. The molecular weight excluding hydrogens is 482 g/mol. The summed E-state index contributed by atoms with van der Waals surface area (Å²) in [7, 11) is 0. The number of pyridine rings is 3. The fourth-order valence-corrected chi connectivity index (χ4v) is 4.90. The SMILES string of the molecule is CCCCCCCCCCCCCCCCCCOC(=O)c1cncc(-c2cncc(-c3cccnc3)c2)c1. The van der Waals surface area contributed by atoms with Gasteiger partial charge >= 0.3 is 5.97 Å². The first-order chi connectivity index (χ1) is 19.3. The lowest BCUT2D eigenvalue weighted by Gasteiger charge is -2.08. The van der Waals surface area contributed by atoms with Crippen molar-refractivity contribution < 1.29 is 9.53 Å². The molecule has 0 bridgehead atoms. The summed E-state index contributed by atoms with van der Waals surface area (Å²) >= 11 is 0. The maximum Gasteiger partial charge on any atom is 0.339 e. The van der Waals surface area contributed by atoms with Crippen LogP contribution in [0.25, 0.3) is 22.3 Å². The van der Waals surface area contributed by atoms with E-state index in [1.54, 1.807) is 24.8 Å². The smallest absolute Gasteiger partial charge is 0.339 e. The van der Waals surface area contributed by atoms with Crippen LogP contribution in [0.5, 0.6) is 0 Å². The molecule has 0 amide bonds. The Kier molecular flexibility index (Phi) is 14.9. The van der Waals surface area contributed by atoms with Crippen LogP contribution in [-0.2, 0) is 4.74 Å². The van der Waals surface area contributed by atoms with Crippen LogP contribution in [0.1, 0.15) is 120 Å². The first kappa shape index (κ1) is 30.5. The Bertz CT molecular complexity index is 1070. The van der Waals surface area contributed by atoms with Gasteiger partial charge in [-0.2, -0.15) is 0 Å². The number of carbonyl (C=O) groups excluding carboxylic acids is 1. The predicted octanol–water partition coefficient (Wildman–Crippen LogP) is 9.62. The molecule has 0 fully saturated rings. The Morgan fingerprint density at radius 2 is 1.08 bits per heavy atom. The molecule has 3 heterocycles. The highest BCUT2D eigenvalue weighted by atomic mass is 16.5. The minimum absolute atomic E-state index is 0.318. The van der Waals surface area contributed by atoms with Crippen molar-refractivity contribution in [1.29, 1.82) is 0 Å². The highest BCUT2D eigenvalue weighted by Gasteiger charge is 2.10. The van der Waals surface area contributed by atoms with Gasteiger partial charge in [-0.15, -0.1) is 0 Å². The summed E-state index contributed by atoms with van der Waals surface area (Å²) in [5.41, 5.74) is 4.17. The van der Waals surface area contributed by atoms with Crippen LogP contribution in [0.15, 0.2) is 61.4 Å². The van der Waals surface area contributed by atoms with E-state index in [1.165, 1.54) is 89.9 Å². The molecule has 3 aromatic heterocycles. The van der Waals surface area contributed by atoms with E-state index in [1.807, 2.05) is 36.7 Å². The average molecular weight is 530 g/mol. The van der Waals surface area contributed by atoms with E-state index in [2.05, 4.69) is 21.9 Å². The van der Waals surface area contributed by atoms with Crippen molar-refractivity contribution in [2.45, 2.75) is 110 Å². The minimum Gasteiger partial charge on any atom is -0.462 e. The minimum atomic E-state index is -0.318.